The molecule has 28 heavy (non-hydrogen) atoms. The minimum atomic E-state index is 0.914. The molecule has 0 radical (unpaired) electrons. The van der Waals surface area contributed by atoms with Crippen LogP contribution >= 0.6 is 0 Å². The Balaban J connectivity index is 0.000000320. The Kier molecular flexibility index (Phi) is 10.2. The summed E-state index contributed by atoms with van der Waals surface area (Å²) in [6, 6.07) is 0. The van der Waals surface area contributed by atoms with Gasteiger partial charge in [-0.1, -0.05) is 82.6 Å². The molecule has 0 aromatic carbocycles. The lowest BCUT2D eigenvalue weighted by molar-refractivity contribution is 0.201. The molecule has 160 valence electrons. The van der Waals surface area contributed by atoms with Crippen molar-refractivity contribution in [1.29, 1.82) is 0 Å². The molecule has 4 atom stereocenters. The summed E-state index contributed by atoms with van der Waals surface area (Å²) in [6.07, 6.45) is 36.2. The van der Waals surface area contributed by atoms with Crippen LogP contribution in [0.15, 0.2) is 24.3 Å². The van der Waals surface area contributed by atoms with Gasteiger partial charge in [0.2, 0.25) is 0 Å². The number of rotatable bonds is 2. The Morgan fingerprint density at radius 1 is 0.464 bits per heavy atom. The van der Waals surface area contributed by atoms with Gasteiger partial charge in [-0.15, -0.1) is 0 Å². The summed E-state index contributed by atoms with van der Waals surface area (Å²) >= 11 is 0. The van der Waals surface area contributed by atoms with Crippen molar-refractivity contribution in [2.75, 3.05) is 0 Å². The first-order valence-corrected chi connectivity index (χ1v) is 13.1. The monoisotopic (exact) mass is 384 g/mol. The Morgan fingerprint density at radius 2 is 1.14 bits per heavy atom. The summed E-state index contributed by atoms with van der Waals surface area (Å²) in [7, 11) is 0. The van der Waals surface area contributed by atoms with E-state index in [0.29, 0.717) is 0 Å². The van der Waals surface area contributed by atoms with Gasteiger partial charge in [0.1, 0.15) is 0 Å². The fourth-order valence-electron chi connectivity index (χ4n) is 6.40. The zero-order valence-corrected chi connectivity index (χ0v) is 18.9. The molecule has 0 aromatic heterocycles. The molecule has 0 bridgehead atoms. The zero-order valence-electron chi connectivity index (χ0n) is 18.9. The van der Waals surface area contributed by atoms with E-state index in [1.165, 1.54) is 103 Å². The van der Waals surface area contributed by atoms with Crippen molar-refractivity contribution in [1.82, 2.24) is 0 Å². The summed E-state index contributed by atoms with van der Waals surface area (Å²) in [6.45, 7) is 2.47. The van der Waals surface area contributed by atoms with E-state index in [1.54, 1.807) is 12.8 Å². The van der Waals surface area contributed by atoms with E-state index < -0.39 is 0 Å². The summed E-state index contributed by atoms with van der Waals surface area (Å²) in [4.78, 5) is 0. The molecule has 0 saturated heterocycles. The van der Waals surface area contributed by atoms with Gasteiger partial charge in [0.05, 0.1) is 0 Å². The Morgan fingerprint density at radius 3 is 1.86 bits per heavy atom. The van der Waals surface area contributed by atoms with Crippen LogP contribution in [0.4, 0.5) is 0 Å². The maximum Gasteiger partial charge on any atom is -0.0205 e. The minimum absolute atomic E-state index is 0.914. The number of hydrogen-bond donors (Lipinski definition) is 0. The van der Waals surface area contributed by atoms with Crippen LogP contribution in [0.1, 0.15) is 122 Å². The first kappa shape index (κ1) is 22.2. The van der Waals surface area contributed by atoms with Gasteiger partial charge < -0.3 is 0 Å². The minimum Gasteiger partial charge on any atom is -0.0885 e. The maximum atomic E-state index is 2.64. The van der Waals surface area contributed by atoms with Gasteiger partial charge in [-0.3, -0.25) is 0 Å². The van der Waals surface area contributed by atoms with Gasteiger partial charge in [0, 0.05) is 0 Å². The fourth-order valence-corrected chi connectivity index (χ4v) is 6.40. The lowest BCUT2D eigenvalue weighted by atomic mass is 9.72. The van der Waals surface area contributed by atoms with E-state index in [9.17, 15) is 0 Å². The van der Waals surface area contributed by atoms with Crippen LogP contribution in [0.3, 0.4) is 0 Å². The second kappa shape index (κ2) is 12.9. The highest BCUT2D eigenvalue weighted by atomic mass is 14.3. The highest BCUT2D eigenvalue weighted by Crippen LogP contribution is 2.40. The second-order valence-electron chi connectivity index (χ2n) is 10.5. The number of allylic oxidation sites excluding steroid dienone is 4. The first-order valence-electron chi connectivity index (χ1n) is 13.1. The molecular formula is C28H48. The highest BCUT2D eigenvalue weighted by molar-refractivity contribution is 4.95. The normalized spacial score (nSPS) is 36.3. The van der Waals surface area contributed by atoms with Crippen LogP contribution in [0.5, 0.6) is 0 Å². The maximum absolute atomic E-state index is 2.64. The van der Waals surface area contributed by atoms with Crippen LogP contribution < -0.4 is 0 Å². The lowest BCUT2D eigenvalue weighted by Crippen LogP contribution is -2.21. The lowest BCUT2D eigenvalue weighted by Gasteiger charge is -2.33. The smallest absolute Gasteiger partial charge is 0.0205 e. The molecular weight excluding hydrogens is 336 g/mol. The van der Waals surface area contributed by atoms with Crippen molar-refractivity contribution in [3.63, 3.8) is 0 Å². The molecule has 4 rings (SSSR count). The topological polar surface area (TPSA) is 0 Å². The van der Waals surface area contributed by atoms with Gasteiger partial charge in [-0.05, 0) is 93.8 Å². The molecule has 0 heteroatoms. The van der Waals surface area contributed by atoms with E-state index in [0.717, 1.165) is 29.6 Å². The SMILES string of the molecule is C1=CCCCC1.CC1CCC[C@H](C2/C=C/CC[C@H](C3CCCCC3)CC2)CC1. The summed E-state index contributed by atoms with van der Waals surface area (Å²) in [5.74, 6) is 5.04. The quantitative estimate of drug-likeness (QED) is 0.328. The van der Waals surface area contributed by atoms with E-state index in [1.807, 2.05) is 0 Å². The van der Waals surface area contributed by atoms with Crippen molar-refractivity contribution in [2.45, 2.75) is 122 Å². The summed E-state index contributed by atoms with van der Waals surface area (Å²) in [5, 5.41) is 0. The van der Waals surface area contributed by atoms with Gasteiger partial charge in [0.15, 0.2) is 0 Å². The summed E-state index contributed by atoms with van der Waals surface area (Å²) < 4.78 is 0. The van der Waals surface area contributed by atoms with Crippen molar-refractivity contribution < 1.29 is 0 Å². The van der Waals surface area contributed by atoms with Crippen molar-refractivity contribution in [2.24, 2.45) is 29.6 Å². The predicted molar refractivity (Wildman–Crippen MR) is 125 cm³/mol. The molecule has 2 fully saturated rings. The molecule has 2 saturated carbocycles. The first-order chi connectivity index (χ1) is 13.8. The summed E-state index contributed by atoms with van der Waals surface area (Å²) in [5.41, 5.74) is 0. The van der Waals surface area contributed by atoms with Gasteiger partial charge in [0.25, 0.3) is 0 Å². The van der Waals surface area contributed by atoms with E-state index >= 15 is 0 Å². The standard InChI is InChI=1S/C22H38.C6H10/c1-18-8-7-13-22(15-14-18)21-12-6-5-11-20(16-17-21)19-9-3-2-4-10-19;1-2-4-6-5-3-1/h6,12,18-22H,2-5,7-11,13-17H2,1H3;1-2H,3-6H2/b12-6+;/t18?,20-,21?,22-;/m0./s1. The molecule has 0 spiro atoms. The average molecular weight is 385 g/mol. The third-order valence-electron chi connectivity index (χ3n) is 8.34. The molecule has 2 unspecified atom stereocenters. The van der Waals surface area contributed by atoms with Crippen molar-refractivity contribution in [3.8, 4) is 0 Å². The van der Waals surface area contributed by atoms with Crippen molar-refractivity contribution in [3.05, 3.63) is 24.3 Å². The molecule has 0 aliphatic heterocycles. The molecule has 0 heterocycles. The zero-order chi connectivity index (χ0) is 19.4. The van der Waals surface area contributed by atoms with Gasteiger partial charge in [-0.2, -0.15) is 0 Å². The van der Waals surface area contributed by atoms with Crippen LogP contribution in [-0.4, -0.2) is 0 Å². The average Bonchev–Trinajstić information content (AvgIpc) is 2.95. The second-order valence-corrected chi connectivity index (χ2v) is 10.5. The predicted octanol–water partition coefficient (Wildman–Crippen LogP) is 9.26. The third-order valence-corrected chi connectivity index (χ3v) is 8.34. The molecule has 4 aliphatic carbocycles. The van der Waals surface area contributed by atoms with Crippen LogP contribution in [0.2, 0.25) is 0 Å². The molecule has 4 aliphatic rings. The Bertz CT molecular complexity index is 445. The van der Waals surface area contributed by atoms with Gasteiger partial charge in [-0.25, -0.2) is 0 Å². The highest BCUT2D eigenvalue weighted by Gasteiger charge is 2.28. The van der Waals surface area contributed by atoms with Crippen molar-refractivity contribution >= 4 is 0 Å². The van der Waals surface area contributed by atoms with Crippen LogP contribution in [0, 0.1) is 29.6 Å². The number of hydrogen-bond acceptors (Lipinski definition) is 0. The molecule has 0 amide bonds. The molecule has 0 N–H and O–H groups in total. The van der Waals surface area contributed by atoms with Crippen LogP contribution in [0.25, 0.3) is 0 Å². The fraction of sp³-hybridized carbons (Fsp3) is 0.857. The largest absolute Gasteiger partial charge is 0.0885 e. The third kappa shape index (κ3) is 7.72. The van der Waals surface area contributed by atoms with Gasteiger partial charge >= 0.3 is 0 Å². The van der Waals surface area contributed by atoms with E-state index in [-0.39, 0.29) is 0 Å². The molecule has 0 aromatic rings. The Hall–Kier alpha value is -0.520. The molecule has 0 nitrogen and oxygen atoms in total. The Labute approximate surface area is 176 Å². The van der Waals surface area contributed by atoms with Crippen LogP contribution in [-0.2, 0) is 0 Å². The van der Waals surface area contributed by atoms with E-state index in [4.69, 9.17) is 0 Å². The van der Waals surface area contributed by atoms with E-state index in [2.05, 4.69) is 31.2 Å².